The molecule has 0 unspecified atom stereocenters. The quantitative estimate of drug-likeness (QED) is 0.391. The number of methoxy groups -OCH3 is 2. The van der Waals surface area contributed by atoms with Crippen molar-refractivity contribution in [2.45, 2.75) is 25.4 Å². The molecule has 2 aliphatic rings. The van der Waals surface area contributed by atoms with Crippen LogP contribution in [0.1, 0.15) is 12.0 Å². The van der Waals surface area contributed by atoms with E-state index in [1.54, 1.807) is 20.3 Å². The van der Waals surface area contributed by atoms with E-state index in [0.717, 1.165) is 27.7 Å². The molecule has 2 saturated heterocycles. The molecule has 2 fully saturated rings. The van der Waals surface area contributed by atoms with Crippen molar-refractivity contribution in [3.63, 3.8) is 0 Å². The van der Waals surface area contributed by atoms with Gasteiger partial charge in [-0.1, -0.05) is 18.2 Å². The summed E-state index contributed by atoms with van der Waals surface area (Å²) in [6.45, 7) is 9.18. The number of anilines is 2. The Hall–Kier alpha value is -3.60. The number of rotatable bonds is 8. The van der Waals surface area contributed by atoms with Gasteiger partial charge in [-0.25, -0.2) is 9.97 Å². The zero-order valence-corrected chi connectivity index (χ0v) is 23.7. The van der Waals surface area contributed by atoms with Gasteiger partial charge in [-0.05, 0) is 31.6 Å². The van der Waals surface area contributed by atoms with Gasteiger partial charge < -0.3 is 34.5 Å². The van der Waals surface area contributed by atoms with E-state index in [-0.39, 0.29) is 18.0 Å². The van der Waals surface area contributed by atoms with Crippen LogP contribution in [0.4, 0.5) is 11.6 Å². The van der Waals surface area contributed by atoms with Crippen molar-refractivity contribution in [1.29, 1.82) is 0 Å². The van der Waals surface area contributed by atoms with E-state index in [9.17, 15) is 4.79 Å². The minimum atomic E-state index is -0.209. The normalized spacial score (nSPS) is 19.2. The smallest absolute Gasteiger partial charge is 0.243 e. The number of carbonyl (C=O) groups is 1. The molecule has 3 aromatic rings. The van der Waals surface area contributed by atoms with Gasteiger partial charge in [0.05, 0.1) is 56.8 Å². The average Bonchev–Trinajstić information content (AvgIpc) is 2.98. The fraction of sp³-hybridized carbons (Fsp3) is 0.414. The topological polar surface area (TPSA) is 107 Å². The van der Waals surface area contributed by atoms with Gasteiger partial charge in [-0.2, -0.15) is 0 Å². The zero-order chi connectivity index (χ0) is 28.2. The molecule has 0 aliphatic carbocycles. The summed E-state index contributed by atoms with van der Waals surface area (Å²) in [5, 5.41) is 8.78. The number of carbonyl (C=O) groups excluding carboxylic acids is 1. The molecule has 11 heteroatoms. The monoisotopic (exact) mass is 567 g/mol. The zero-order valence-electron chi connectivity index (χ0n) is 23.0. The molecule has 1 amide bonds. The van der Waals surface area contributed by atoms with E-state index in [4.69, 9.17) is 40.5 Å². The van der Waals surface area contributed by atoms with Gasteiger partial charge in [-0.3, -0.25) is 4.79 Å². The van der Waals surface area contributed by atoms with Crippen molar-refractivity contribution in [3.05, 3.63) is 47.6 Å². The van der Waals surface area contributed by atoms with Crippen LogP contribution < -0.4 is 25.0 Å². The van der Waals surface area contributed by atoms with Gasteiger partial charge in [0.1, 0.15) is 23.1 Å². The van der Waals surface area contributed by atoms with E-state index >= 15 is 0 Å². The SMILES string of the molecule is C=CC(=O)N[C@H]1CCOC[C@H]1Nc1cc2c(N3CCOCC3)nc(-c3c(C)c(OC)cc(OC)c3Cl)cc2cn1. The summed E-state index contributed by atoms with van der Waals surface area (Å²) in [7, 11) is 3.20. The standard InChI is InChI=1S/C29H34ClN5O5/c1-5-26(36)33-20-6-9-40-16-22(20)32-25-13-19-18(15-31-25)12-21(34-29(19)35-7-10-39-11-8-35)27-17(2)23(37-3)14-24(38-4)28(27)30/h5,12-15,20,22H,1,6-11,16H2,2-4H3,(H,31,32)(H,33,36)/t20-,22+/m0/s1. The van der Waals surface area contributed by atoms with Gasteiger partial charge in [0, 0.05) is 53.9 Å². The molecule has 0 spiro atoms. The van der Waals surface area contributed by atoms with Crippen LogP contribution >= 0.6 is 11.6 Å². The average molecular weight is 568 g/mol. The number of amides is 1. The summed E-state index contributed by atoms with van der Waals surface area (Å²) in [5.74, 6) is 2.45. The Balaban J connectivity index is 1.59. The van der Waals surface area contributed by atoms with Gasteiger partial charge in [0.15, 0.2) is 0 Å². The number of pyridine rings is 2. The predicted octanol–water partition coefficient (Wildman–Crippen LogP) is 3.98. The highest BCUT2D eigenvalue weighted by atomic mass is 35.5. The van der Waals surface area contributed by atoms with Crippen LogP contribution in [0.5, 0.6) is 11.5 Å². The molecule has 2 N–H and O–H groups in total. The van der Waals surface area contributed by atoms with Crippen molar-refractivity contribution in [2.24, 2.45) is 0 Å². The van der Waals surface area contributed by atoms with Crippen molar-refractivity contribution in [2.75, 3.05) is 64.0 Å². The van der Waals surface area contributed by atoms with Gasteiger partial charge >= 0.3 is 0 Å². The highest BCUT2D eigenvalue weighted by Gasteiger charge is 2.28. The first-order valence-corrected chi connectivity index (χ1v) is 13.6. The maximum Gasteiger partial charge on any atom is 0.243 e. The second-order valence-corrected chi connectivity index (χ2v) is 10.1. The van der Waals surface area contributed by atoms with Crippen LogP contribution in [0.2, 0.25) is 5.02 Å². The first-order valence-electron chi connectivity index (χ1n) is 13.3. The Kier molecular flexibility index (Phi) is 8.58. The Bertz CT molecular complexity index is 1380. The lowest BCUT2D eigenvalue weighted by atomic mass is 10.0. The third-order valence-corrected chi connectivity index (χ3v) is 7.72. The molecule has 10 nitrogen and oxygen atoms in total. The van der Waals surface area contributed by atoms with Gasteiger partial charge in [0.25, 0.3) is 0 Å². The molecule has 0 bridgehead atoms. The number of nitrogens with one attached hydrogen (secondary N) is 2. The maximum atomic E-state index is 12.0. The molecular formula is C29H34ClN5O5. The Morgan fingerprint density at radius 1 is 1.12 bits per heavy atom. The lowest BCUT2D eigenvalue weighted by molar-refractivity contribution is -0.117. The first kappa shape index (κ1) is 27.9. The lowest BCUT2D eigenvalue weighted by Crippen LogP contribution is -2.52. The third-order valence-electron chi connectivity index (χ3n) is 7.35. The number of aromatic nitrogens is 2. The third kappa shape index (κ3) is 5.65. The molecule has 2 atom stereocenters. The summed E-state index contributed by atoms with van der Waals surface area (Å²) >= 11 is 6.83. The summed E-state index contributed by atoms with van der Waals surface area (Å²) in [6.07, 6.45) is 3.80. The largest absolute Gasteiger partial charge is 0.496 e. The van der Waals surface area contributed by atoms with Crippen molar-refractivity contribution >= 4 is 39.9 Å². The number of fused-ring (bicyclic) bond motifs is 1. The summed E-state index contributed by atoms with van der Waals surface area (Å²) in [4.78, 5) is 24.1. The summed E-state index contributed by atoms with van der Waals surface area (Å²) < 4.78 is 22.5. The van der Waals surface area contributed by atoms with E-state index in [2.05, 4.69) is 22.1 Å². The highest BCUT2D eigenvalue weighted by molar-refractivity contribution is 6.35. The Morgan fingerprint density at radius 2 is 1.90 bits per heavy atom. The number of hydrogen-bond acceptors (Lipinski definition) is 9. The molecule has 40 heavy (non-hydrogen) atoms. The molecule has 212 valence electrons. The first-order chi connectivity index (χ1) is 19.4. The number of ether oxygens (including phenoxy) is 4. The molecule has 5 rings (SSSR count). The number of nitrogens with zero attached hydrogens (tertiary/aromatic N) is 3. The van der Waals surface area contributed by atoms with Crippen LogP contribution in [0, 0.1) is 6.92 Å². The molecule has 0 saturated carbocycles. The molecule has 2 aromatic heterocycles. The lowest BCUT2D eigenvalue weighted by Gasteiger charge is -2.33. The minimum Gasteiger partial charge on any atom is -0.496 e. The number of halogens is 1. The number of morpholine rings is 1. The van der Waals surface area contributed by atoms with E-state index in [0.29, 0.717) is 74.0 Å². The minimum absolute atomic E-state index is 0.107. The molecule has 4 heterocycles. The fourth-order valence-corrected chi connectivity index (χ4v) is 5.57. The van der Waals surface area contributed by atoms with E-state index < -0.39 is 0 Å². The van der Waals surface area contributed by atoms with Crippen LogP contribution in [0.15, 0.2) is 37.1 Å². The summed E-state index contributed by atoms with van der Waals surface area (Å²) in [6, 6.07) is 5.51. The summed E-state index contributed by atoms with van der Waals surface area (Å²) in [5.41, 5.74) is 2.31. The van der Waals surface area contributed by atoms with Crippen LogP contribution in [-0.2, 0) is 14.3 Å². The second kappa shape index (κ2) is 12.3. The maximum absolute atomic E-state index is 12.0. The highest BCUT2D eigenvalue weighted by Crippen LogP contribution is 2.43. The van der Waals surface area contributed by atoms with Crippen LogP contribution in [0.25, 0.3) is 22.0 Å². The van der Waals surface area contributed by atoms with Crippen LogP contribution in [0.3, 0.4) is 0 Å². The molecule has 1 aromatic carbocycles. The number of benzene rings is 1. The van der Waals surface area contributed by atoms with E-state index in [1.807, 2.05) is 25.3 Å². The predicted molar refractivity (Wildman–Crippen MR) is 156 cm³/mol. The fourth-order valence-electron chi connectivity index (χ4n) is 5.20. The van der Waals surface area contributed by atoms with E-state index in [1.165, 1.54) is 6.08 Å². The van der Waals surface area contributed by atoms with Gasteiger partial charge in [-0.15, -0.1) is 0 Å². The molecule has 0 radical (unpaired) electrons. The van der Waals surface area contributed by atoms with Crippen molar-refractivity contribution in [3.8, 4) is 22.8 Å². The van der Waals surface area contributed by atoms with Crippen molar-refractivity contribution in [1.82, 2.24) is 15.3 Å². The van der Waals surface area contributed by atoms with Gasteiger partial charge in [0.2, 0.25) is 5.91 Å². The molecular weight excluding hydrogens is 534 g/mol. The van der Waals surface area contributed by atoms with Crippen LogP contribution in [-0.4, -0.2) is 81.7 Å². The Labute approximate surface area is 238 Å². The van der Waals surface area contributed by atoms with Crippen molar-refractivity contribution < 1.29 is 23.7 Å². The second-order valence-electron chi connectivity index (χ2n) is 9.75. The molecule has 2 aliphatic heterocycles. The Morgan fingerprint density at radius 3 is 2.62 bits per heavy atom. The number of hydrogen-bond donors (Lipinski definition) is 2.